The monoisotopic (exact) mass is 189 g/mol. The number of hydrogen-bond donors (Lipinski definition) is 3. The van der Waals surface area contributed by atoms with Gasteiger partial charge in [-0.05, 0) is 0 Å². The largest absolute Gasteiger partial charge is 0.356 e. The normalized spacial score (nSPS) is 8.21. The molecule has 0 atom stereocenters. The zero-order valence-electron chi connectivity index (χ0n) is 7.37. The molecule has 0 amide bonds. The Morgan fingerprint density at radius 3 is 2.71 bits per heavy atom. The number of rotatable bonds is 3. The molecular weight excluding hydrogens is 182 g/mol. The highest BCUT2D eigenvalue weighted by atomic mass is 15.3. The van der Waals surface area contributed by atoms with Crippen LogP contribution >= 0.6 is 0 Å². The Hall–Kier alpha value is -2.54. The summed E-state index contributed by atoms with van der Waals surface area (Å²) < 4.78 is 0. The molecule has 1 heterocycles. The van der Waals surface area contributed by atoms with Crippen molar-refractivity contribution < 1.29 is 0 Å². The minimum absolute atomic E-state index is 0.0348. The molecule has 0 saturated carbocycles. The average Bonchev–Trinajstić information content (AvgIpc) is 2.67. The quantitative estimate of drug-likeness (QED) is 0.585. The van der Waals surface area contributed by atoms with E-state index >= 15 is 0 Å². The summed E-state index contributed by atoms with van der Waals surface area (Å²) in [5, 5.41) is 28.5. The summed E-state index contributed by atoms with van der Waals surface area (Å²) in [4.78, 5) is 3.92. The maximum Gasteiger partial charge on any atom is 0.243 e. The molecule has 0 aliphatic rings. The van der Waals surface area contributed by atoms with Gasteiger partial charge in [-0.3, -0.25) is 0 Å². The lowest BCUT2D eigenvalue weighted by Crippen LogP contribution is -1.92. The van der Waals surface area contributed by atoms with Crippen LogP contribution in [0, 0.1) is 22.7 Å². The minimum Gasteiger partial charge on any atom is -0.356 e. The fourth-order valence-electron chi connectivity index (χ4n) is 0.668. The second kappa shape index (κ2) is 4.48. The van der Waals surface area contributed by atoms with Crippen LogP contribution in [0.3, 0.4) is 0 Å². The number of H-pyrrole nitrogens is 1. The first kappa shape index (κ1) is 9.55. The van der Waals surface area contributed by atoms with E-state index < -0.39 is 0 Å². The van der Waals surface area contributed by atoms with Gasteiger partial charge in [0.1, 0.15) is 17.7 Å². The first-order chi connectivity index (χ1) is 6.80. The zero-order chi connectivity index (χ0) is 10.4. The molecule has 0 aromatic carbocycles. The lowest BCUT2D eigenvalue weighted by atomic mass is 10.4. The Balaban J connectivity index is 2.67. The molecule has 14 heavy (non-hydrogen) atoms. The Bertz CT molecular complexity index is 400. The molecule has 0 aliphatic carbocycles. The maximum atomic E-state index is 8.42. The van der Waals surface area contributed by atoms with Crippen molar-refractivity contribution in [2.24, 2.45) is 0 Å². The number of allylic oxidation sites excluding steroid dienone is 1. The SMILES string of the molecule is CNc1n[nH]c(NC=C(C#N)C#N)n1. The van der Waals surface area contributed by atoms with Gasteiger partial charge in [0.2, 0.25) is 11.9 Å². The second-order valence-corrected chi connectivity index (χ2v) is 2.18. The first-order valence-corrected chi connectivity index (χ1v) is 3.67. The van der Waals surface area contributed by atoms with Crippen LogP contribution in [0.4, 0.5) is 11.9 Å². The summed E-state index contributed by atoms with van der Waals surface area (Å²) in [5.41, 5.74) is -0.0348. The third kappa shape index (κ3) is 2.22. The highest BCUT2D eigenvalue weighted by molar-refractivity contribution is 5.42. The van der Waals surface area contributed by atoms with Gasteiger partial charge in [0.25, 0.3) is 0 Å². The van der Waals surface area contributed by atoms with Gasteiger partial charge in [0.05, 0.1) is 0 Å². The number of nitrogens with one attached hydrogen (secondary N) is 3. The highest BCUT2D eigenvalue weighted by Crippen LogP contribution is 2.02. The molecule has 0 spiro atoms. The van der Waals surface area contributed by atoms with Crippen molar-refractivity contribution in [3.8, 4) is 12.1 Å². The molecule has 70 valence electrons. The van der Waals surface area contributed by atoms with E-state index in [4.69, 9.17) is 10.5 Å². The molecule has 0 fully saturated rings. The molecule has 0 saturated heterocycles. The first-order valence-electron chi connectivity index (χ1n) is 3.67. The van der Waals surface area contributed by atoms with E-state index in [1.807, 2.05) is 0 Å². The number of hydrogen-bond acceptors (Lipinski definition) is 6. The van der Waals surface area contributed by atoms with Crippen molar-refractivity contribution in [3.63, 3.8) is 0 Å². The lowest BCUT2D eigenvalue weighted by molar-refractivity contribution is 1.09. The average molecular weight is 189 g/mol. The molecule has 0 unspecified atom stereocenters. The van der Waals surface area contributed by atoms with Gasteiger partial charge in [0.15, 0.2) is 0 Å². The number of nitrogens with zero attached hydrogens (tertiary/aromatic N) is 4. The van der Waals surface area contributed by atoms with Gasteiger partial charge in [-0.2, -0.15) is 15.5 Å². The van der Waals surface area contributed by atoms with E-state index in [2.05, 4.69) is 25.8 Å². The Morgan fingerprint density at radius 1 is 1.50 bits per heavy atom. The predicted octanol–water partition coefficient (Wildman–Crippen LogP) is 0.189. The molecule has 1 aromatic rings. The fourth-order valence-corrected chi connectivity index (χ4v) is 0.668. The predicted molar refractivity (Wildman–Crippen MR) is 48.9 cm³/mol. The van der Waals surface area contributed by atoms with E-state index in [1.165, 1.54) is 6.20 Å². The van der Waals surface area contributed by atoms with Crippen LogP contribution < -0.4 is 10.6 Å². The van der Waals surface area contributed by atoms with Crippen LogP contribution in [-0.4, -0.2) is 22.2 Å². The topological polar surface area (TPSA) is 113 Å². The molecule has 0 radical (unpaired) electrons. The number of aromatic nitrogens is 3. The van der Waals surface area contributed by atoms with Crippen molar-refractivity contribution >= 4 is 11.9 Å². The van der Waals surface area contributed by atoms with E-state index in [0.717, 1.165) is 0 Å². The second-order valence-electron chi connectivity index (χ2n) is 2.18. The van der Waals surface area contributed by atoms with Crippen molar-refractivity contribution in [2.75, 3.05) is 17.7 Å². The van der Waals surface area contributed by atoms with Crippen LogP contribution in [0.5, 0.6) is 0 Å². The third-order valence-corrected chi connectivity index (χ3v) is 1.30. The maximum absolute atomic E-state index is 8.42. The molecule has 1 aromatic heterocycles. The van der Waals surface area contributed by atoms with Crippen LogP contribution in [0.25, 0.3) is 0 Å². The number of aromatic amines is 1. The Morgan fingerprint density at radius 2 is 2.21 bits per heavy atom. The van der Waals surface area contributed by atoms with Crippen LogP contribution in [-0.2, 0) is 0 Å². The highest BCUT2D eigenvalue weighted by Gasteiger charge is 1.98. The van der Waals surface area contributed by atoms with E-state index in [9.17, 15) is 0 Å². The summed E-state index contributed by atoms with van der Waals surface area (Å²) in [7, 11) is 1.68. The number of anilines is 2. The summed E-state index contributed by atoms with van der Waals surface area (Å²) in [6, 6.07) is 3.41. The molecule has 3 N–H and O–H groups in total. The van der Waals surface area contributed by atoms with Gasteiger partial charge in [-0.25, -0.2) is 5.10 Å². The lowest BCUT2D eigenvalue weighted by Gasteiger charge is -1.90. The zero-order valence-corrected chi connectivity index (χ0v) is 7.37. The van der Waals surface area contributed by atoms with Gasteiger partial charge in [0, 0.05) is 13.2 Å². The van der Waals surface area contributed by atoms with Crippen LogP contribution in [0.2, 0.25) is 0 Å². The minimum atomic E-state index is -0.0348. The summed E-state index contributed by atoms with van der Waals surface area (Å²) in [6.45, 7) is 0. The standard InChI is InChI=1S/C7H7N7/c1-10-6-12-7(14-13-6)11-4-5(2-8)3-9/h4H,1H3,(H3,10,11,12,13,14). The van der Waals surface area contributed by atoms with Crippen molar-refractivity contribution in [2.45, 2.75) is 0 Å². The smallest absolute Gasteiger partial charge is 0.243 e. The van der Waals surface area contributed by atoms with E-state index in [0.29, 0.717) is 11.9 Å². The van der Waals surface area contributed by atoms with Crippen LogP contribution in [0.15, 0.2) is 11.8 Å². The summed E-state index contributed by atoms with van der Waals surface area (Å²) in [5.74, 6) is 0.786. The van der Waals surface area contributed by atoms with Crippen molar-refractivity contribution in [3.05, 3.63) is 11.8 Å². The van der Waals surface area contributed by atoms with Crippen molar-refractivity contribution in [1.82, 2.24) is 15.2 Å². The van der Waals surface area contributed by atoms with Gasteiger partial charge < -0.3 is 10.6 Å². The Kier molecular flexibility index (Phi) is 3.05. The van der Waals surface area contributed by atoms with Crippen LogP contribution in [0.1, 0.15) is 0 Å². The molecule has 7 nitrogen and oxygen atoms in total. The Labute approximate surface area is 80.1 Å². The molecule has 0 aliphatic heterocycles. The molecular formula is C7H7N7. The van der Waals surface area contributed by atoms with Gasteiger partial charge in [-0.15, -0.1) is 5.10 Å². The van der Waals surface area contributed by atoms with E-state index in [1.54, 1.807) is 19.2 Å². The van der Waals surface area contributed by atoms with Crippen molar-refractivity contribution in [1.29, 1.82) is 10.5 Å². The fraction of sp³-hybridized carbons (Fsp3) is 0.143. The summed E-state index contributed by atoms with van der Waals surface area (Å²) >= 11 is 0. The summed E-state index contributed by atoms with van der Waals surface area (Å²) in [6.07, 6.45) is 1.25. The molecule has 0 bridgehead atoms. The molecule has 7 heteroatoms. The number of nitriles is 2. The van der Waals surface area contributed by atoms with E-state index in [-0.39, 0.29) is 5.57 Å². The third-order valence-electron chi connectivity index (χ3n) is 1.30. The molecule has 1 rings (SSSR count). The van der Waals surface area contributed by atoms with Gasteiger partial charge in [-0.1, -0.05) is 0 Å². The van der Waals surface area contributed by atoms with Gasteiger partial charge >= 0.3 is 0 Å².